The first-order valence-corrected chi connectivity index (χ1v) is 6.97. The quantitative estimate of drug-likeness (QED) is 0.407. The van der Waals surface area contributed by atoms with E-state index in [9.17, 15) is 19.7 Å². The van der Waals surface area contributed by atoms with Crippen molar-refractivity contribution in [3.8, 4) is 11.5 Å². The summed E-state index contributed by atoms with van der Waals surface area (Å²) in [6.45, 7) is 0. The zero-order valence-electron chi connectivity index (χ0n) is 12.3. The summed E-state index contributed by atoms with van der Waals surface area (Å²) in [7, 11) is 1.42. The molecule has 0 N–H and O–H groups in total. The van der Waals surface area contributed by atoms with Crippen LogP contribution < -0.4 is 0 Å². The normalized spacial score (nSPS) is 13.6. The number of benzene rings is 2. The van der Waals surface area contributed by atoms with E-state index in [2.05, 4.69) is 4.98 Å². The zero-order chi connectivity index (χ0) is 17.0. The van der Waals surface area contributed by atoms with Gasteiger partial charge in [0.15, 0.2) is 5.58 Å². The van der Waals surface area contributed by atoms with Crippen molar-refractivity contribution in [3.63, 3.8) is 0 Å². The summed E-state index contributed by atoms with van der Waals surface area (Å²) in [5.41, 5.74) is 1.80. The van der Waals surface area contributed by atoms with Crippen molar-refractivity contribution >= 4 is 28.6 Å². The van der Waals surface area contributed by atoms with E-state index in [0.717, 1.165) is 4.90 Å². The van der Waals surface area contributed by atoms with E-state index < -0.39 is 4.92 Å². The van der Waals surface area contributed by atoms with Crippen LogP contribution in [-0.4, -0.2) is 33.7 Å². The van der Waals surface area contributed by atoms with Gasteiger partial charge in [-0.15, -0.1) is 0 Å². The Morgan fingerprint density at radius 1 is 1.08 bits per heavy atom. The maximum atomic E-state index is 12.1. The molecule has 0 spiro atoms. The number of nitro benzene ring substituents is 1. The lowest BCUT2D eigenvalue weighted by molar-refractivity contribution is -0.384. The van der Waals surface area contributed by atoms with E-state index in [1.165, 1.54) is 31.3 Å². The molecular formula is C16H9N3O5. The van der Waals surface area contributed by atoms with Gasteiger partial charge in [-0.1, -0.05) is 0 Å². The summed E-state index contributed by atoms with van der Waals surface area (Å²) in [6, 6.07) is 8.83. The molecule has 4 rings (SSSR count). The molecular weight excluding hydrogens is 314 g/mol. The maximum Gasteiger partial charge on any atom is 0.271 e. The van der Waals surface area contributed by atoms with Crippen LogP contribution in [0.2, 0.25) is 0 Å². The number of nitro groups is 1. The zero-order valence-corrected chi connectivity index (χ0v) is 12.3. The second-order valence-electron chi connectivity index (χ2n) is 5.36. The molecule has 1 aromatic heterocycles. The average molecular weight is 323 g/mol. The highest BCUT2D eigenvalue weighted by atomic mass is 16.6. The van der Waals surface area contributed by atoms with Crippen LogP contribution in [0.3, 0.4) is 0 Å². The Labute approximate surface area is 134 Å². The van der Waals surface area contributed by atoms with Gasteiger partial charge in [-0.25, -0.2) is 4.98 Å². The third-order valence-electron chi connectivity index (χ3n) is 3.92. The van der Waals surface area contributed by atoms with Crippen molar-refractivity contribution in [2.24, 2.45) is 0 Å². The summed E-state index contributed by atoms with van der Waals surface area (Å²) >= 11 is 0. The number of carbonyl (C=O) groups excluding carboxylic acids is 2. The second-order valence-corrected chi connectivity index (χ2v) is 5.36. The van der Waals surface area contributed by atoms with Crippen LogP contribution in [0.25, 0.3) is 22.6 Å². The first kappa shape index (κ1) is 14.1. The first-order chi connectivity index (χ1) is 11.5. The van der Waals surface area contributed by atoms with E-state index in [4.69, 9.17) is 4.42 Å². The van der Waals surface area contributed by atoms with Gasteiger partial charge in [0.05, 0.1) is 16.1 Å². The molecule has 0 unspecified atom stereocenters. The van der Waals surface area contributed by atoms with E-state index in [1.54, 1.807) is 12.1 Å². The number of hydrogen-bond acceptors (Lipinski definition) is 6. The smallest absolute Gasteiger partial charge is 0.271 e. The molecule has 24 heavy (non-hydrogen) atoms. The third-order valence-corrected chi connectivity index (χ3v) is 3.92. The Bertz CT molecular complexity index is 1050. The Morgan fingerprint density at radius 2 is 1.83 bits per heavy atom. The minimum Gasteiger partial charge on any atom is -0.436 e. The summed E-state index contributed by atoms with van der Waals surface area (Å²) in [4.78, 5) is 39.5. The molecule has 3 aromatic rings. The molecule has 1 aliphatic heterocycles. The van der Waals surface area contributed by atoms with Gasteiger partial charge in [0.25, 0.3) is 17.5 Å². The number of aromatic nitrogens is 1. The monoisotopic (exact) mass is 323 g/mol. The van der Waals surface area contributed by atoms with Crippen LogP contribution in [0, 0.1) is 10.1 Å². The fraction of sp³-hybridized carbons (Fsp3) is 0.0625. The van der Waals surface area contributed by atoms with Gasteiger partial charge in [-0.05, 0) is 24.3 Å². The van der Waals surface area contributed by atoms with Crippen LogP contribution in [0.1, 0.15) is 20.7 Å². The summed E-state index contributed by atoms with van der Waals surface area (Å²) in [6.07, 6.45) is 0. The molecule has 8 heteroatoms. The predicted octanol–water partition coefficient (Wildman–Crippen LogP) is 2.63. The molecule has 0 atom stereocenters. The maximum absolute atomic E-state index is 12.1. The lowest BCUT2D eigenvalue weighted by atomic mass is 10.1. The van der Waals surface area contributed by atoms with Crippen molar-refractivity contribution in [2.45, 2.75) is 0 Å². The summed E-state index contributed by atoms with van der Waals surface area (Å²) in [5.74, 6) is -0.513. The van der Waals surface area contributed by atoms with Gasteiger partial charge in [0.1, 0.15) is 5.52 Å². The summed E-state index contributed by atoms with van der Waals surface area (Å²) in [5, 5.41) is 10.8. The number of non-ortho nitro benzene ring substituents is 1. The van der Waals surface area contributed by atoms with Crippen LogP contribution >= 0.6 is 0 Å². The van der Waals surface area contributed by atoms with Crippen LogP contribution in [0.15, 0.2) is 40.8 Å². The molecule has 2 aromatic carbocycles. The van der Waals surface area contributed by atoms with E-state index >= 15 is 0 Å². The topological polar surface area (TPSA) is 107 Å². The number of hydrogen-bond donors (Lipinski definition) is 0. The van der Waals surface area contributed by atoms with Crippen LogP contribution in [0.4, 0.5) is 5.69 Å². The van der Waals surface area contributed by atoms with E-state index in [1.807, 2.05) is 0 Å². The standard InChI is InChI=1S/C16H9N3O5/c1-18-15(20)10-4-2-8(6-11(10)16(18)21)14-17-12-7-9(19(22)23)3-5-13(12)24-14/h2-7H,1H3. The fourth-order valence-corrected chi connectivity index (χ4v) is 2.65. The Morgan fingerprint density at radius 3 is 2.58 bits per heavy atom. The highest BCUT2D eigenvalue weighted by Crippen LogP contribution is 2.30. The Hall–Kier alpha value is -3.55. The van der Waals surface area contributed by atoms with Gasteiger partial charge >= 0.3 is 0 Å². The molecule has 0 bridgehead atoms. The number of amides is 2. The number of nitrogens with zero attached hydrogens (tertiary/aromatic N) is 3. The number of imide groups is 1. The fourth-order valence-electron chi connectivity index (χ4n) is 2.65. The van der Waals surface area contributed by atoms with Crippen molar-refractivity contribution in [3.05, 3.63) is 57.6 Å². The van der Waals surface area contributed by atoms with Crippen molar-refractivity contribution in [1.82, 2.24) is 9.88 Å². The van der Waals surface area contributed by atoms with Gasteiger partial charge < -0.3 is 4.42 Å². The van der Waals surface area contributed by atoms with Gasteiger partial charge in [0.2, 0.25) is 5.89 Å². The molecule has 0 saturated carbocycles. The molecule has 0 aliphatic carbocycles. The van der Waals surface area contributed by atoms with Gasteiger partial charge in [-0.2, -0.15) is 0 Å². The molecule has 1 aliphatic rings. The number of fused-ring (bicyclic) bond motifs is 2. The first-order valence-electron chi connectivity index (χ1n) is 6.97. The molecule has 0 fully saturated rings. The Kier molecular flexibility index (Phi) is 2.77. The minimum absolute atomic E-state index is 0.0845. The van der Waals surface area contributed by atoms with Gasteiger partial charge in [-0.3, -0.25) is 24.6 Å². The SMILES string of the molecule is CN1C(=O)c2ccc(-c3nc4cc([N+](=O)[O-])ccc4o3)cc2C1=O. The molecule has 2 heterocycles. The van der Waals surface area contributed by atoms with Crippen LogP contribution in [-0.2, 0) is 0 Å². The minimum atomic E-state index is -0.511. The van der Waals surface area contributed by atoms with Gasteiger partial charge in [0, 0.05) is 24.7 Å². The number of oxazole rings is 1. The third kappa shape index (κ3) is 1.89. The Balaban J connectivity index is 1.83. The van der Waals surface area contributed by atoms with Crippen molar-refractivity contribution in [2.75, 3.05) is 7.05 Å². The lowest BCUT2D eigenvalue weighted by Gasteiger charge is -2.02. The highest BCUT2D eigenvalue weighted by Gasteiger charge is 2.33. The van der Waals surface area contributed by atoms with Crippen molar-refractivity contribution < 1.29 is 18.9 Å². The van der Waals surface area contributed by atoms with Crippen molar-refractivity contribution in [1.29, 1.82) is 0 Å². The number of rotatable bonds is 2. The molecule has 0 radical (unpaired) electrons. The molecule has 118 valence electrons. The summed E-state index contributed by atoms with van der Waals surface area (Å²) < 4.78 is 5.59. The van der Waals surface area contributed by atoms with E-state index in [-0.39, 0.29) is 29.0 Å². The van der Waals surface area contributed by atoms with Crippen LogP contribution in [0.5, 0.6) is 0 Å². The molecule has 8 nitrogen and oxygen atoms in total. The average Bonchev–Trinajstić information content (AvgIpc) is 3.10. The molecule has 0 saturated heterocycles. The largest absolute Gasteiger partial charge is 0.436 e. The lowest BCUT2D eigenvalue weighted by Crippen LogP contribution is -2.24. The second kappa shape index (κ2) is 4.72. The number of carbonyl (C=O) groups is 2. The molecule has 2 amide bonds. The highest BCUT2D eigenvalue weighted by molar-refractivity contribution is 6.21. The predicted molar refractivity (Wildman–Crippen MR) is 82.5 cm³/mol. The van der Waals surface area contributed by atoms with E-state index in [0.29, 0.717) is 22.2 Å².